The molecule has 2 rings (SSSR count). The number of nitrogens with one attached hydrogen (secondary N) is 1. The van der Waals surface area contributed by atoms with Crippen molar-refractivity contribution in [3.05, 3.63) is 59.3 Å². The zero-order chi connectivity index (χ0) is 14.4. The van der Waals surface area contributed by atoms with Crippen molar-refractivity contribution in [3.8, 4) is 11.8 Å². The second kappa shape index (κ2) is 6.50. The molecule has 20 heavy (non-hydrogen) atoms. The molecule has 1 aromatic carbocycles. The van der Waals surface area contributed by atoms with Crippen molar-refractivity contribution in [1.82, 2.24) is 4.98 Å². The average Bonchev–Trinajstić information content (AvgIpc) is 2.45. The molecule has 2 aromatic rings. The predicted octanol–water partition coefficient (Wildman–Crippen LogP) is 1.99. The third-order valence-corrected chi connectivity index (χ3v) is 2.59. The van der Waals surface area contributed by atoms with Crippen LogP contribution in [0, 0.1) is 18.8 Å². The van der Waals surface area contributed by atoms with E-state index in [1.807, 2.05) is 13.0 Å². The molecule has 1 heterocycles. The molecule has 0 saturated carbocycles. The van der Waals surface area contributed by atoms with Gasteiger partial charge in [0.1, 0.15) is 12.4 Å². The van der Waals surface area contributed by atoms with Crippen molar-refractivity contribution in [3.63, 3.8) is 0 Å². The van der Waals surface area contributed by atoms with Crippen LogP contribution in [0.15, 0.2) is 42.6 Å². The lowest BCUT2D eigenvalue weighted by Crippen LogP contribution is -2.13. The first-order chi connectivity index (χ1) is 9.69. The number of carbonyl (C=O) groups excluding carboxylic acids is 1. The van der Waals surface area contributed by atoms with Crippen molar-refractivity contribution in [1.29, 1.82) is 0 Å². The lowest BCUT2D eigenvalue weighted by molar-refractivity contribution is 0.102. The Labute approximate surface area is 117 Å². The number of nitrogens with zero attached hydrogens (tertiary/aromatic N) is 1. The highest BCUT2D eigenvalue weighted by molar-refractivity contribution is 6.04. The second-order valence-electron chi connectivity index (χ2n) is 4.21. The van der Waals surface area contributed by atoms with Gasteiger partial charge in [0.15, 0.2) is 0 Å². The molecule has 0 aliphatic heterocycles. The molecule has 0 saturated heterocycles. The molecule has 4 heteroatoms. The van der Waals surface area contributed by atoms with Gasteiger partial charge in [-0.3, -0.25) is 4.79 Å². The van der Waals surface area contributed by atoms with Crippen LogP contribution in [0.3, 0.4) is 0 Å². The molecule has 0 unspecified atom stereocenters. The first kappa shape index (κ1) is 13.8. The summed E-state index contributed by atoms with van der Waals surface area (Å²) in [5, 5.41) is 11.4. The van der Waals surface area contributed by atoms with Crippen LogP contribution in [0.4, 0.5) is 5.82 Å². The van der Waals surface area contributed by atoms with E-state index in [1.165, 1.54) is 0 Å². The van der Waals surface area contributed by atoms with Gasteiger partial charge in [0.25, 0.3) is 5.91 Å². The van der Waals surface area contributed by atoms with E-state index in [4.69, 9.17) is 5.11 Å². The smallest absolute Gasteiger partial charge is 0.256 e. The van der Waals surface area contributed by atoms with E-state index in [9.17, 15) is 4.79 Å². The molecule has 1 amide bonds. The van der Waals surface area contributed by atoms with E-state index in [1.54, 1.807) is 36.5 Å². The predicted molar refractivity (Wildman–Crippen MR) is 77.3 cm³/mol. The molecule has 0 bridgehead atoms. The number of anilines is 1. The summed E-state index contributed by atoms with van der Waals surface area (Å²) in [5.74, 6) is 5.59. The highest BCUT2D eigenvalue weighted by Gasteiger charge is 2.07. The number of aryl methyl sites for hydroxylation is 1. The number of pyridine rings is 1. The molecule has 1 aromatic heterocycles. The Balaban J connectivity index is 2.17. The Morgan fingerprint density at radius 2 is 2.20 bits per heavy atom. The molecule has 0 atom stereocenters. The van der Waals surface area contributed by atoms with Crippen LogP contribution in [-0.2, 0) is 0 Å². The maximum absolute atomic E-state index is 12.1. The molecule has 4 nitrogen and oxygen atoms in total. The fraction of sp³-hybridized carbons (Fsp3) is 0.125. The summed E-state index contributed by atoms with van der Waals surface area (Å²) < 4.78 is 0. The SMILES string of the molecule is Cc1ccnc(NC(=O)c2cccc(C#CCO)c2)c1. The number of carbonyl (C=O) groups is 1. The van der Waals surface area contributed by atoms with Gasteiger partial charge in [0.2, 0.25) is 0 Å². The van der Waals surface area contributed by atoms with Crippen LogP contribution in [0.5, 0.6) is 0 Å². The topological polar surface area (TPSA) is 62.2 Å². The van der Waals surface area contributed by atoms with Crippen molar-refractivity contribution >= 4 is 11.7 Å². The highest BCUT2D eigenvalue weighted by Crippen LogP contribution is 2.09. The zero-order valence-electron chi connectivity index (χ0n) is 11.1. The van der Waals surface area contributed by atoms with Crippen LogP contribution < -0.4 is 5.32 Å². The maximum Gasteiger partial charge on any atom is 0.256 e. The Morgan fingerprint density at radius 1 is 1.35 bits per heavy atom. The lowest BCUT2D eigenvalue weighted by atomic mass is 10.1. The summed E-state index contributed by atoms with van der Waals surface area (Å²) in [4.78, 5) is 16.2. The fourth-order valence-electron chi connectivity index (χ4n) is 1.67. The number of aliphatic hydroxyl groups excluding tert-OH is 1. The number of rotatable bonds is 2. The van der Waals surface area contributed by atoms with Crippen LogP contribution in [0.1, 0.15) is 21.5 Å². The maximum atomic E-state index is 12.1. The lowest BCUT2D eigenvalue weighted by Gasteiger charge is -2.05. The third-order valence-electron chi connectivity index (χ3n) is 2.59. The van der Waals surface area contributed by atoms with Crippen LogP contribution in [-0.4, -0.2) is 22.6 Å². The summed E-state index contributed by atoms with van der Waals surface area (Å²) in [5.41, 5.74) is 2.21. The van der Waals surface area contributed by atoms with Gasteiger partial charge >= 0.3 is 0 Å². The van der Waals surface area contributed by atoms with Gasteiger partial charge in [0.05, 0.1) is 0 Å². The summed E-state index contributed by atoms with van der Waals surface area (Å²) >= 11 is 0. The number of hydrogen-bond acceptors (Lipinski definition) is 3. The van der Waals surface area contributed by atoms with Crippen LogP contribution in [0.2, 0.25) is 0 Å². The molecular weight excluding hydrogens is 252 g/mol. The van der Waals surface area contributed by atoms with Gasteiger partial charge in [-0.1, -0.05) is 17.9 Å². The van der Waals surface area contributed by atoms with Gasteiger partial charge in [-0.05, 0) is 42.8 Å². The summed E-state index contributed by atoms with van der Waals surface area (Å²) in [7, 11) is 0. The van der Waals surface area contributed by atoms with Gasteiger partial charge in [-0.15, -0.1) is 0 Å². The van der Waals surface area contributed by atoms with Gasteiger partial charge in [-0.25, -0.2) is 4.98 Å². The fourth-order valence-corrected chi connectivity index (χ4v) is 1.67. The van der Waals surface area contributed by atoms with Crippen LogP contribution >= 0.6 is 0 Å². The standard InChI is InChI=1S/C16H14N2O2/c1-12-7-8-17-15(10-12)18-16(20)14-6-2-4-13(11-14)5-3-9-19/h2,4,6-8,10-11,19H,9H2,1H3,(H,17,18,20). The van der Waals surface area contributed by atoms with Crippen molar-refractivity contribution in [2.75, 3.05) is 11.9 Å². The molecule has 0 spiro atoms. The normalized spacial score (nSPS) is 9.50. The third kappa shape index (κ3) is 3.67. The first-order valence-corrected chi connectivity index (χ1v) is 6.13. The van der Waals surface area contributed by atoms with E-state index >= 15 is 0 Å². The quantitative estimate of drug-likeness (QED) is 0.817. The first-order valence-electron chi connectivity index (χ1n) is 6.13. The Morgan fingerprint density at radius 3 is 2.95 bits per heavy atom. The van der Waals surface area contributed by atoms with Gasteiger partial charge in [-0.2, -0.15) is 0 Å². The van der Waals surface area contributed by atoms with Crippen molar-refractivity contribution in [2.45, 2.75) is 6.92 Å². The highest BCUT2D eigenvalue weighted by atomic mass is 16.2. The Hall–Kier alpha value is -2.64. The minimum absolute atomic E-state index is 0.205. The van der Waals surface area contributed by atoms with E-state index in [-0.39, 0.29) is 12.5 Å². The zero-order valence-corrected chi connectivity index (χ0v) is 11.1. The van der Waals surface area contributed by atoms with E-state index < -0.39 is 0 Å². The Bertz CT molecular complexity index is 684. The molecule has 0 fully saturated rings. The van der Waals surface area contributed by atoms with E-state index in [2.05, 4.69) is 22.1 Å². The molecule has 0 aliphatic rings. The molecule has 2 N–H and O–H groups in total. The molecule has 0 radical (unpaired) electrons. The largest absolute Gasteiger partial charge is 0.384 e. The number of amides is 1. The van der Waals surface area contributed by atoms with Crippen LogP contribution in [0.25, 0.3) is 0 Å². The minimum atomic E-state index is -0.240. The minimum Gasteiger partial charge on any atom is -0.384 e. The molecule has 0 aliphatic carbocycles. The summed E-state index contributed by atoms with van der Waals surface area (Å²) in [6.45, 7) is 1.73. The second-order valence-corrected chi connectivity index (χ2v) is 4.21. The number of aliphatic hydroxyl groups is 1. The van der Waals surface area contributed by atoms with Crippen molar-refractivity contribution < 1.29 is 9.90 Å². The summed E-state index contributed by atoms with van der Waals surface area (Å²) in [6, 6.07) is 10.6. The molecular formula is C16H14N2O2. The number of aromatic nitrogens is 1. The van der Waals surface area contributed by atoms with Gasteiger partial charge < -0.3 is 10.4 Å². The average molecular weight is 266 g/mol. The molecule has 100 valence electrons. The Kier molecular flexibility index (Phi) is 4.48. The monoisotopic (exact) mass is 266 g/mol. The van der Waals surface area contributed by atoms with E-state index in [0.29, 0.717) is 16.9 Å². The number of hydrogen-bond donors (Lipinski definition) is 2. The van der Waals surface area contributed by atoms with Crippen molar-refractivity contribution in [2.24, 2.45) is 0 Å². The summed E-state index contributed by atoms with van der Waals surface area (Å²) in [6.07, 6.45) is 1.65. The number of benzene rings is 1. The van der Waals surface area contributed by atoms with Gasteiger partial charge in [0, 0.05) is 17.3 Å². The van der Waals surface area contributed by atoms with E-state index in [0.717, 1.165) is 5.56 Å².